The van der Waals surface area contributed by atoms with Gasteiger partial charge in [0.2, 0.25) is 0 Å². The fourth-order valence-electron chi connectivity index (χ4n) is 4.44. The summed E-state index contributed by atoms with van der Waals surface area (Å²) in [5, 5.41) is 0. The van der Waals surface area contributed by atoms with E-state index in [0.29, 0.717) is 17.8 Å². The summed E-state index contributed by atoms with van der Waals surface area (Å²) in [7, 11) is 0. The zero-order valence-corrected chi connectivity index (χ0v) is 17.0. The van der Waals surface area contributed by atoms with Gasteiger partial charge < -0.3 is 9.47 Å². The lowest BCUT2D eigenvalue weighted by atomic mass is 9.80. The average Bonchev–Trinajstić information content (AvgIpc) is 2.55. The van der Waals surface area contributed by atoms with Crippen LogP contribution in [0.1, 0.15) is 84.6 Å². The van der Waals surface area contributed by atoms with Crippen molar-refractivity contribution in [1.29, 1.82) is 0 Å². The summed E-state index contributed by atoms with van der Waals surface area (Å²) in [4.78, 5) is 0. The lowest BCUT2D eigenvalue weighted by Gasteiger charge is -2.26. The van der Waals surface area contributed by atoms with Gasteiger partial charge in [0.1, 0.15) is 5.75 Å². The third-order valence-electron chi connectivity index (χ3n) is 5.58. The second-order valence-electron chi connectivity index (χ2n) is 8.44. The molecule has 1 aromatic carbocycles. The molecule has 2 heteroatoms. The van der Waals surface area contributed by atoms with Crippen molar-refractivity contribution in [1.82, 2.24) is 0 Å². The minimum Gasteiger partial charge on any atom is -0.465 e. The molecule has 1 atom stereocenters. The Morgan fingerprint density at radius 3 is 2.28 bits per heavy atom. The Labute approximate surface area is 155 Å². The van der Waals surface area contributed by atoms with Crippen LogP contribution < -0.4 is 4.74 Å². The predicted molar refractivity (Wildman–Crippen MR) is 106 cm³/mol. The number of hydrogen-bond donors (Lipinski definition) is 0. The van der Waals surface area contributed by atoms with Gasteiger partial charge in [-0.3, -0.25) is 0 Å². The smallest absolute Gasteiger partial charge is 0.196 e. The van der Waals surface area contributed by atoms with Crippen LogP contribution in [-0.4, -0.2) is 12.9 Å². The first-order valence-electron chi connectivity index (χ1n) is 10.4. The van der Waals surface area contributed by atoms with Gasteiger partial charge in [0.15, 0.2) is 6.29 Å². The molecule has 1 aliphatic carbocycles. The third-order valence-corrected chi connectivity index (χ3v) is 5.58. The molecule has 0 radical (unpaired) electrons. The number of rotatable bonds is 9. The molecule has 0 bridgehead atoms. The lowest BCUT2D eigenvalue weighted by Crippen LogP contribution is -2.19. The third kappa shape index (κ3) is 6.66. The molecule has 0 saturated heterocycles. The van der Waals surface area contributed by atoms with Gasteiger partial charge in [-0.1, -0.05) is 71.9 Å². The maximum atomic E-state index is 6.03. The summed E-state index contributed by atoms with van der Waals surface area (Å²) in [5.41, 5.74) is 1.37. The molecule has 0 aromatic heterocycles. The molecular formula is C23H38O2. The van der Waals surface area contributed by atoms with Crippen molar-refractivity contribution in [3.8, 4) is 5.75 Å². The fraction of sp³-hybridized carbons (Fsp3) is 0.739. The van der Waals surface area contributed by atoms with E-state index in [2.05, 4.69) is 45.9 Å². The van der Waals surface area contributed by atoms with Crippen LogP contribution in [0.5, 0.6) is 5.75 Å². The first-order valence-corrected chi connectivity index (χ1v) is 10.4. The van der Waals surface area contributed by atoms with Gasteiger partial charge in [-0.25, -0.2) is 0 Å². The fourth-order valence-corrected chi connectivity index (χ4v) is 4.44. The molecule has 25 heavy (non-hydrogen) atoms. The summed E-state index contributed by atoms with van der Waals surface area (Å²) in [6.07, 6.45) is 7.97. The van der Waals surface area contributed by atoms with E-state index in [1.807, 2.05) is 13.0 Å². The van der Waals surface area contributed by atoms with E-state index in [0.717, 1.165) is 18.3 Å². The van der Waals surface area contributed by atoms with Crippen LogP contribution in [0.3, 0.4) is 0 Å². The van der Waals surface area contributed by atoms with Crippen molar-refractivity contribution in [2.75, 3.05) is 6.61 Å². The van der Waals surface area contributed by atoms with Crippen molar-refractivity contribution >= 4 is 0 Å². The zero-order chi connectivity index (χ0) is 18.2. The highest BCUT2D eigenvalue weighted by atomic mass is 16.7. The Hall–Kier alpha value is -1.02. The van der Waals surface area contributed by atoms with Gasteiger partial charge in [0.05, 0.1) is 6.61 Å². The molecule has 0 N–H and O–H groups in total. The summed E-state index contributed by atoms with van der Waals surface area (Å²) in [5.74, 6) is 3.60. The van der Waals surface area contributed by atoms with Crippen molar-refractivity contribution in [2.45, 2.75) is 85.4 Å². The monoisotopic (exact) mass is 346 g/mol. The molecule has 0 aliphatic heterocycles. The van der Waals surface area contributed by atoms with Crippen molar-refractivity contribution < 1.29 is 9.47 Å². The van der Waals surface area contributed by atoms with Crippen LogP contribution in [0.15, 0.2) is 24.3 Å². The highest BCUT2D eigenvalue weighted by molar-refractivity contribution is 5.31. The number of hydrogen-bond acceptors (Lipinski definition) is 2. The molecule has 2 nitrogen and oxygen atoms in total. The van der Waals surface area contributed by atoms with Gasteiger partial charge in [-0.2, -0.15) is 0 Å². The zero-order valence-electron chi connectivity index (χ0n) is 17.0. The van der Waals surface area contributed by atoms with Crippen LogP contribution in [0.25, 0.3) is 0 Å². The van der Waals surface area contributed by atoms with E-state index in [9.17, 15) is 0 Å². The summed E-state index contributed by atoms with van der Waals surface area (Å²) in [6, 6.07) is 8.58. The minimum absolute atomic E-state index is 0.185. The molecule has 0 amide bonds. The quantitative estimate of drug-likeness (QED) is 0.458. The second kappa shape index (κ2) is 10.2. The first kappa shape index (κ1) is 20.3. The molecule has 1 fully saturated rings. The largest absolute Gasteiger partial charge is 0.465 e. The molecule has 142 valence electrons. The van der Waals surface area contributed by atoms with Gasteiger partial charge in [-0.15, -0.1) is 0 Å². The van der Waals surface area contributed by atoms with Crippen molar-refractivity contribution in [2.24, 2.45) is 17.8 Å². The van der Waals surface area contributed by atoms with Crippen LogP contribution in [0, 0.1) is 17.8 Å². The highest BCUT2D eigenvalue weighted by Crippen LogP contribution is 2.33. The Balaban J connectivity index is 1.83. The van der Waals surface area contributed by atoms with Crippen molar-refractivity contribution in [3.63, 3.8) is 0 Å². The maximum Gasteiger partial charge on any atom is 0.196 e. The molecule has 1 saturated carbocycles. The van der Waals surface area contributed by atoms with Crippen LogP contribution >= 0.6 is 0 Å². The molecule has 0 spiro atoms. The average molecular weight is 347 g/mol. The van der Waals surface area contributed by atoms with Gasteiger partial charge >= 0.3 is 0 Å². The van der Waals surface area contributed by atoms with E-state index in [1.54, 1.807) is 0 Å². The van der Waals surface area contributed by atoms with Gasteiger partial charge in [-0.05, 0) is 54.7 Å². The first-order chi connectivity index (χ1) is 12.0. The molecule has 0 heterocycles. The number of ether oxygens (including phenoxy) is 2. The standard InChI is InChI=1S/C23H38O2/c1-17(2)23(18(3)4)21-12-9-13-22(16-21)25-19(5)24-15-14-20-10-7-6-8-11-20/h9,12-13,16-20,23H,6-8,10-11,14-15H2,1-5H3. The molecule has 1 aromatic rings. The van der Waals surface area contributed by atoms with Gasteiger partial charge in [0, 0.05) is 0 Å². The van der Waals surface area contributed by atoms with Crippen molar-refractivity contribution in [3.05, 3.63) is 29.8 Å². The van der Waals surface area contributed by atoms with E-state index < -0.39 is 0 Å². The normalized spacial score (nSPS) is 17.4. The number of benzene rings is 1. The van der Waals surface area contributed by atoms with Crippen LogP contribution in [0.4, 0.5) is 0 Å². The van der Waals surface area contributed by atoms with E-state index in [1.165, 1.54) is 44.1 Å². The van der Waals surface area contributed by atoms with E-state index >= 15 is 0 Å². The molecule has 2 rings (SSSR count). The highest BCUT2D eigenvalue weighted by Gasteiger charge is 2.20. The van der Waals surface area contributed by atoms with E-state index in [-0.39, 0.29) is 6.29 Å². The Morgan fingerprint density at radius 2 is 1.64 bits per heavy atom. The SMILES string of the molecule is CC(OCCC1CCCCC1)Oc1cccc(C(C(C)C)C(C)C)c1. The topological polar surface area (TPSA) is 18.5 Å². The Bertz CT molecular complexity index is 481. The van der Waals surface area contributed by atoms with E-state index in [4.69, 9.17) is 9.47 Å². The predicted octanol–water partition coefficient (Wildman–Crippen LogP) is 6.79. The van der Waals surface area contributed by atoms with Crippen LogP contribution in [0.2, 0.25) is 0 Å². The second-order valence-corrected chi connectivity index (χ2v) is 8.44. The summed E-state index contributed by atoms with van der Waals surface area (Å²) < 4.78 is 12.0. The molecule has 1 aliphatic rings. The Morgan fingerprint density at radius 1 is 0.960 bits per heavy atom. The Kier molecular flexibility index (Phi) is 8.29. The summed E-state index contributed by atoms with van der Waals surface area (Å²) >= 11 is 0. The minimum atomic E-state index is -0.185. The van der Waals surface area contributed by atoms with Gasteiger partial charge in [0.25, 0.3) is 0 Å². The molecular weight excluding hydrogens is 308 g/mol. The summed E-state index contributed by atoms with van der Waals surface area (Å²) in [6.45, 7) is 12.0. The lowest BCUT2D eigenvalue weighted by molar-refractivity contribution is -0.0711. The molecule has 1 unspecified atom stereocenters. The van der Waals surface area contributed by atoms with Crippen LogP contribution in [-0.2, 0) is 4.74 Å². The maximum absolute atomic E-state index is 6.03.